The summed E-state index contributed by atoms with van der Waals surface area (Å²) in [5, 5.41) is 10.3. The first-order valence-electron chi connectivity index (χ1n) is 7.69. The number of aryl methyl sites for hydroxylation is 1. The third-order valence-electron chi connectivity index (χ3n) is 4.16. The molecule has 0 aromatic heterocycles. The summed E-state index contributed by atoms with van der Waals surface area (Å²) in [5.74, 6) is 1.12. The molecule has 1 N–H and O–H groups in total. The van der Waals surface area contributed by atoms with Gasteiger partial charge in [0.1, 0.15) is 5.75 Å². The molecule has 2 nitrogen and oxygen atoms in total. The van der Waals surface area contributed by atoms with E-state index in [-0.39, 0.29) is 0 Å². The lowest BCUT2D eigenvalue weighted by Gasteiger charge is -2.31. The summed E-state index contributed by atoms with van der Waals surface area (Å²) < 4.78 is 1.05. The zero-order valence-electron chi connectivity index (χ0n) is 12.8. The Morgan fingerprint density at radius 1 is 1.30 bits per heavy atom. The molecular formula is C17H26BrNO. The smallest absolute Gasteiger partial charge is 0.123 e. The van der Waals surface area contributed by atoms with Crippen molar-refractivity contribution in [1.82, 2.24) is 4.90 Å². The first-order chi connectivity index (χ1) is 9.47. The van der Waals surface area contributed by atoms with E-state index < -0.39 is 0 Å². The van der Waals surface area contributed by atoms with Crippen LogP contribution >= 0.6 is 15.9 Å². The van der Waals surface area contributed by atoms with Gasteiger partial charge in [-0.15, -0.1) is 0 Å². The predicted molar refractivity (Wildman–Crippen MR) is 88.0 cm³/mol. The van der Waals surface area contributed by atoms with Crippen LogP contribution in [-0.2, 0) is 6.54 Å². The molecule has 0 aliphatic heterocycles. The third-order valence-corrected chi connectivity index (χ3v) is 4.62. The highest BCUT2D eigenvalue weighted by atomic mass is 79.9. The maximum atomic E-state index is 10.3. The van der Waals surface area contributed by atoms with Crippen molar-refractivity contribution in [1.29, 1.82) is 0 Å². The average molecular weight is 340 g/mol. The molecule has 0 radical (unpaired) electrons. The van der Waals surface area contributed by atoms with Crippen molar-refractivity contribution < 1.29 is 5.11 Å². The Labute approximate surface area is 131 Å². The predicted octanol–water partition coefficient (Wildman–Crippen LogP) is 4.86. The van der Waals surface area contributed by atoms with Crippen molar-refractivity contribution in [2.24, 2.45) is 5.92 Å². The number of benzene rings is 1. The SMILES string of the molecule is Cc1cc(Br)cc(CN(CC(C)C)C2CCCC2)c1O. The molecule has 0 bridgehead atoms. The highest BCUT2D eigenvalue weighted by Crippen LogP contribution is 2.31. The van der Waals surface area contributed by atoms with Gasteiger partial charge in [0.15, 0.2) is 0 Å². The quantitative estimate of drug-likeness (QED) is 0.827. The van der Waals surface area contributed by atoms with Crippen molar-refractivity contribution in [2.45, 2.75) is 59.0 Å². The van der Waals surface area contributed by atoms with Gasteiger partial charge in [-0.05, 0) is 43.4 Å². The number of hydrogen-bond acceptors (Lipinski definition) is 2. The molecule has 1 aliphatic carbocycles. The molecule has 0 amide bonds. The maximum Gasteiger partial charge on any atom is 0.123 e. The van der Waals surface area contributed by atoms with Crippen LogP contribution in [0, 0.1) is 12.8 Å². The number of halogens is 1. The van der Waals surface area contributed by atoms with Gasteiger partial charge >= 0.3 is 0 Å². The van der Waals surface area contributed by atoms with Crippen LogP contribution in [0.15, 0.2) is 16.6 Å². The van der Waals surface area contributed by atoms with Crippen molar-refractivity contribution in [3.63, 3.8) is 0 Å². The zero-order chi connectivity index (χ0) is 14.7. The normalized spacial score (nSPS) is 16.5. The van der Waals surface area contributed by atoms with E-state index in [0.717, 1.165) is 28.7 Å². The van der Waals surface area contributed by atoms with E-state index in [1.54, 1.807) is 0 Å². The van der Waals surface area contributed by atoms with Crippen LogP contribution < -0.4 is 0 Å². The van der Waals surface area contributed by atoms with Gasteiger partial charge in [-0.25, -0.2) is 0 Å². The largest absolute Gasteiger partial charge is 0.507 e. The summed E-state index contributed by atoms with van der Waals surface area (Å²) in [4.78, 5) is 2.57. The van der Waals surface area contributed by atoms with Gasteiger partial charge in [0, 0.05) is 29.2 Å². The topological polar surface area (TPSA) is 23.5 Å². The lowest BCUT2D eigenvalue weighted by molar-refractivity contribution is 0.167. The van der Waals surface area contributed by atoms with Gasteiger partial charge in [-0.2, -0.15) is 0 Å². The minimum Gasteiger partial charge on any atom is -0.507 e. The molecule has 1 aliphatic rings. The molecule has 1 aromatic carbocycles. The highest BCUT2D eigenvalue weighted by molar-refractivity contribution is 9.10. The van der Waals surface area contributed by atoms with E-state index in [1.165, 1.54) is 25.7 Å². The van der Waals surface area contributed by atoms with E-state index in [1.807, 2.05) is 13.0 Å². The van der Waals surface area contributed by atoms with Crippen LogP contribution in [0.5, 0.6) is 5.75 Å². The second-order valence-corrected chi connectivity index (χ2v) is 7.41. The average Bonchev–Trinajstić information content (AvgIpc) is 2.87. The van der Waals surface area contributed by atoms with E-state index in [4.69, 9.17) is 0 Å². The fraction of sp³-hybridized carbons (Fsp3) is 0.647. The first-order valence-corrected chi connectivity index (χ1v) is 8.48. The number of aromatic hydroxyl groups is 1. The lowest BCUT2D eigenvalue weighted by atomic mass is 10.1. The summed E-state index contributed by atoms with van der Waals surface area (Å²) in [6, 6.07) is 4.72. The van der Waals surface area contributed by atoms with Crippen molar-refractivity contribution in [2.75, 3.05) is 6.54 Å². The molecule has 3 heteroatoms. The molecule has 1 aromatic rings. The lowest BCUT2D eigenvalue weighted by Crippen LogP contribution is -2.35. The number of rotatable bonds is 5. The first kappa shape index (κ1) is 15.8. The minimum atomic E-state index is 0.458. The number of phenols is 1. The van der Waals surface area contributed by atoms with Gasteiger partial charge in [-0.3, -0.25) is 4.90 Å². The van der Waals surface area contributed by atoms with Gasteiger partial charge in [0.2, 0.25) is 0 Å². The van der Waals surface area contributed by atoms with Crippen LogP contribution in [0.4, 0.5) is 0 Å². The molecule has 20 heavy (non-hydrogen) atoms. The summed E-state index contributed by atoms with van der Waals surface area (Å²) >= 11 is 3.54. The second kappa shape index (κ2) is 6.95. The monoisotopic (exact) mass is 339 g/mol. The van der Waals surface area contributed by atoms with Crippen LogP contribution in [0.3, 0.4) is 0 Å². The van der Waals surface area contributed by atoms with Crippen molar-refractivity contribution in [3.05, 3.63) is 27.7 Å². The Bertz CT molecular complexity index is 453. The molecule has 0 heterocycles. The van der Waals surface area contributed by atoms with E-state index in [2.05, 4.69) is 40.7 Å². The molecule has 0 unspecified atom stereocenters. The van der Waals surface area contributed by atoms with Crippen LogP contribution in [0.1, 0.15) is 50.7 Å². The zero-order valence-corrected chi connectivity index (χ0v) is 14.4. The summed E-state index contributed by atoms with van der Waals surface area (Å²) in [6.07, 6.45) is 5.31. The Morgan fingerprint density at radius 2 is 1.95 bits per heavy atom. The molecule has 2 rings (SSSR count). The second-order valence-electron chi connectivity index (χ2n) is 6.49. The molecule has 1 fully saturated rings. The fourth-order valence-electron chi connectivity index (χ4n) is 3.23. The summed E-state index contributed by atoms with van der Waals surface area (Å²) in [7, 11) is 0. The summed E-state index contributed by atoms with van der Waals surface area (Å²) in [6.45, 7) is 8.47. The van der Waals surface area contributed by atoms with Gasteiger partial charge in [0.05, 0.1) is 0 Å². The Balaban J connectivity index is 2.18. The van der Waals surface area contributed by atoms with Gasteiger partial charge in [0.25, 0.3) is 0 Å². The van der Waals surface area contributed by atoms with Crippen LogP contribution in [-0.4, -0.2) is 22.6 Å². The Morgan fingerprint density at radius 3 is 2.55 bits per heavy atom. The molecule has 0 atom stereocenters. The Hall–Kier alpha value is -0.540. The van der Waals surface area contributed by atoms with Crippen LogP contribution in [0.2, 0.25) is 0 Å². The molecule has 112 valence electrons. The molecule has 0 spiro atoms. The highest BCUT2D eigenvalue weighted by Gasteiger charge is 2.24. The fourth-order valence-corrected chi connectivity index (χ4v) is 3.85. The maximum absolute atomic E-state index is 10.3. The summed E-state index contributed by atoms with van der Waals surface area (Å²) in [5.41, 5.74) is 2.00. The van der Waals surface area contributed by atoms with E-state index in [0.29, 0.717) is 17.7 Å². The third kappa shape index (κ3) is 3.98. The molecule has 0 saturated heterocycles. The minimum absolute atomic E-state index is 0.458. The number of hydrogen-bond donors (Lipinski definition) is 1. The van der Waals surface area contributed by atoms with Gasteiger partial charge < -0.3 is 5.11 Å². The standard InChI is InChI=1S/C17H26BrNO/c1-12(2)10-19(16-6-4-5-7-16)11-14-9-15(18)8-13(3)17(14)20/h8-9,12,16,20H,4-7,10-11H2,1-3H3. The van der Waals surface area contributed by atoms with Crippen molar-refractivity contribution in [3.8, 4) is 5.75 Å². The molecular weight excluding hydrogens is 314 g/mol. The van der Waals surface area contributed by atoms with Crippen molar-refractivity contribution >= 4 is 15.9 Å². The van der Waals surface area contributed by atoms with E-state index in [9.17, 15) is 5.11 Å². The number of nitrogens with zero attached hydrogens (tertiary/aromatic N) is 1. The molecule has 1 saturated carbocycles. The van der Waals surface area contributed by atoms with Crippen LogP contribution in [0.25, 0.3) is 0 Å². The van der Waals surface area contributed by atoms with Gasteiger partial charge in [-0.1, -0.05) is 42.6 Å². The Kier molecular flexibility index (Phi) is 5.50. The number of phenolic OH excluding ortho intramolecular Hbond substituents is 1. The van der Waals surface area contributed by atoms with E-state index >= 15 is 0 Å².